The van der Waals surface area contributed by atoms with Gasteiger partial charge in [-0.3, -0.25) is 0 Å². The fourth-order valence-electron chi connectivity index (χ4n) is 2.84. The summed E-state index contributed by atoms with van der Waals surface area (Å²) in [6, 6.07) is 6.21. The van der Waals surface area contributed by atoms with E-state index in [9.17, 15) is 0 Å². The fourth-order valence-corrected chi connectivity index (χ4v) is 4.65. The number of nitrogens with zero attached hydrogens (tertiary/aromatic N) is 3. The Morgan fingerprint density at radius 3 is 3.04 bits per heavy atom. The number of aromatic nitrogens is 3. The lowest BCUT2D eigenvalue weighted by molar-refractivity contribution is 0.111. The third kappa shape index (κ3) is 3.29. The predicted molar refractivity (Wildman–Crippen MR) is 95.0 cm³/mol. The van der Waals surface area contributed by atoms with Crippen molar-refractivity contribution in [3.8, 4) is 0 Å². The molecule has 0 radical (unpaired) electrons. The summed E-state index contributed by atoms with van der Waals surface area (Å²) in [5.74, 6) is 1.84. The van der Waals surface area contributed by atoms with Crippen molar-refractivity contribution < 1.29 is 4.74 Å². The Morgan fingerprint density at radius 1 is 1.30 bits per heavy atom. The molecule has 4 nitrogen and oxygen atoms in total. The molecular weight excluding hydrogens is 326 g/mol. The Bertz CT molecular complexity index is 805. The number of hydrogen-bond acceptors (Lipinski definition) is 5. The van der Waals surface area contributed by atoms with Crippen molar-refractivity contribution >= 4 is 28.7 Å². The second kappa shape index (κ2) is 6.63. The summed E-state index contributed by atoms with van der Waals surface area (Å²) in [5.41, 5.74) is 4.52. The van der Waals surface area contributed by atoms with Gasteiger partial charge in [-0.05, 0) is 31.9 Å². The van der Waals surface area contributed by atoms with E-state index in [4.69, 9.17) is 9.72 Å². The maximum Gasteiger partial charge on any atom is 0.137 e. The van der Waals surface area contributed by atoms with Gasteiger partial charge in [-0.1, -0.05) is 6.07 Å². The molecule has 1 aliphatic rings. The van der Waals surface area contributed by atoms with Gasteiger partial charge in [0.2, 0.25) is 0 Å². The number of imidazole rings is 1. The van der Waals surface area contributed by atoms with Crippen LogP contribution in [0.1, 0.15) is 41.0 Å². The molecule has 1 fully saturated rings. The summed E-state index contributed by atoms with van der Waals surface area (Å²) in [5, 5.41) is 3.30. The Morgan fingerprint density at radius 2 is 2.22 bits per heavy atom. The third-order valence-electron chi connectivity index (χ3n) is 4.02. The quantitative estimate of drug-likeness (QED) is 0.688. The van der Waals surface area contributed by atoms with Crippen molar-refractivity contribution in [3.05, 3.63) is 51.9 Å². The number of thiazole rings is 1. The molecule has 0 bridgehead atoms. The second-order valence-corrected chi connectivity index (χ2v) is 7.67. The first-order valence-electron chi connectivity index (χ1n) is 7.87. The van der Waals surface area contributed by atoms with Gasteiger partial charge in [-0.25, -0.2) is 9.97 Å². The summed E-state index contributed by atoms with van der Waals surface area (Å²) >= 11 is 3.59. The normalized spacial score (nSPS) is 18.0. The van der Waals surface area contributed by atoms with Crippen LogP contribution in [0.3, 0.4) is 0 Å². The summed E-state index contributed by atoms with van der Waals surface area (Å²) in [4.78, 5) is 9.40. The van der Waals surface area contributed by atoms with Crippen LogP contribution in [0.4, 0.5) is 0 Å². The molecular formula is C17H19N3OS2. The zero-order valence-electron chi connectivity index (χ0n) is 13.1. The van der Waals surface area contributed by atoms with Gasteiger partial charge in [0.05, 0.1) is 11.4 Å². The average molecular weight is 345 g/mol. The molecule has 6 heteroatoms. The van der Waals surface area contributed by atoms with Crippen LogP contribution in [0, 0.1) is 6.92 Å². The molecule has 1 aliphatic heterocycles. The molecule has 0 saturated carbocycles. The van der Waals surface area contributed by atoms with Gasteiger partial charge < -0.3 is 9.14 Å². The van der Waals surface area contributed by atoms with E-state index in [1.807, 2.05) is 11.8 Å². The number of thioether (sulfide) groups is 1. The Balaban J connectivity index is 1.36. The van der Waals surface area contributed by atoms with Crippen LogP contribution in [0.25, 0.3) is 5.65 Å². The maximum atomic E-state index is 5.70. The number of pyridine rings is 1. The molecule has 0 unspecified atom stereocenters. The van der Waals surface area contributed by atoms with Crippen LogP contribution in [0.15, 0.2) is 29.8 Å². The number of fused-ring (bicyclic) bond motifs is 1. The van der Waals surface area contributed by atoms with E-state index in [0.717, 1.165) is 53.0 Å². The largest absolute Gasteiger partial charge is 0.371 e. The Kier molecular flexibility index (Phi) is 4.37. The van der Waals surface area contributed by atoms with Crippen molar-refractivity contribution in [1.82, 2.24) is 14.4 Å². The SMILES string of the molecule is Cc1cccc2nc(CSCc3csc([C@@H]4CCCO4)n3)cn12. The molecule has 0 N–H and O–H groups in total. The van der Waals surface area contributed by atoms with Crippen molar-refractivity contribution in [2.75, 3.05) is 6.61 Å². The smallest absolute Gasteiger partial charge is 0.137 e. The van der Waals surface area contributed by atoms with E-state index in [0.29, 0.717) is 0 Å². The molecule has 0 spiro atoms. The van der Waals surface area contributed by atoms with Gasteiger partial charge in [-0.15, -0.1) is 23.1 Å². The van der Waals surface area contributed by atoms with E-state index < -0.39 is 0 Å². The maximum absolute atomic E-state index is 5.70. The number of hydrogen-bond donors (Lipinski definition) is 0. The molecule has 0 amide bonds. The lowest BCUT2D eigenvalue weighted by Crippen LogP contribution is -1.95. The van der Waals surface area contributed by atoms with Gasteiger partial charge in [0, 0.05) is 35.4 Å². The lowest BCUT2D eigenvalue weighted by Gasteiger charge is -2.03. The van der Waals surface area contributed by atoms with Gasteiger partial charge in [0.15, 0.2) is 0 Å². The summed E-state index contributed by atoms with van der Waals surface area (Å²) in [6.07, 6.45) is 4.64. The Labute approximate surface area is 143 Å². The first-order valence-corrected chi connectivity index (χ1v) is 9.90. The summed E-state index contributed by atoms with van der Waals surface area (Å²) in [6.45, 7) is 2.98. The van der Waals surface area contributed by atoms with Gasteiger partial charge >= 0.3 is 0 Å². The van der Waals surface area contributed by atoms with Crippen LogP contribution >= 0.6 is 23.1 Å². The molecule has 4 rings (SSSR count). The number of ether oxygens (including phenoxy) is 1. The van der Waals surface area contributed by atoms with E-state index in [-0.39, 0.29) is 6.10 Å². The minimum atomic E-state index is 0.236. The zero-order valence-corrected chi connectivity index (χ0v) is 14.7. The van der Waals surface area contributed by atoms with Crippen LogP contribution in [0.2, 0.25) is 0 Å². The fraction of sp³-hybridized carbons (Fsp3) is 0.412. The van der Waals surface area contributed by atoms with E-state index in [1.165, 1.54) is 5.69 Å². The lowest BCUT2D eigenvalue weighted by atomic mass is 10.2. The van der Waals surface area contributed by atoms with Crippen LogP contribution in [-0.2, 0) is 16.2 Å². The molecule has 3 aromatic heterocycles. The number of rotatable bonds is 5. The molecule has 3 aromatic rings. The zero-order chi connectivity index (χ0) is 15.6. The molecule has 4 heterocycles. The minimum Gasteiger partial charge on any atom is -0.371 e. The highest BCUT2D eigenvalue weighted by atomic mass is 32.2. The van der Waals surface area contributed by atoms with E-state index in [2.05, 4.69) is 46.1 Å². The van der Waals surface area contributed by atoms with E-state index in [1.54, 1.807) is 11.3 Å². The molecule has 120 valence electrons. The first kappa shape index (κ1) is 15.2. The molecule has 1 atom stereocenters. The van der Waals surface area contributed by atoms with Crippen molar-refractivity contribution in [2.45, 2.75) is 37.4 Å². The van der Waals surface area contributed by atoms with Crippen LogP contribution in [-0.4, -0.2) is 21.0 Å². The summed E-state index contributed by atoms with van der Waals surface area (Å²) in [7, 11) is 0. The molecule has 1 saturated heterocycles. The number of aryl methyl sites for hydroxylation is 1. The predicted octanol–water partition coefficient (Wildman–Crippen LogP) is 4.38. The standard InChI is InChI=1S/C17H19N3OS2/c1-12-4-2-6-16-18-13(8-20(12)16)9-22-10-14-11-23-17(19-14)15-5-3-7-21-15/h2,4,6,8,11,15H,3,5,7,9-10H2,1H3/t15-/m0/s1. The topological polar surface area (TPSA) is 39.4 Å². The van der Waals surface area contributed by atoms with Crippen LogP contribution < -0.4 is 0 Å². The van der Waals surface area contributed by atoms with Crippen LogP contribution in [0.5, 0.6) is 0 Å². The second-order valence-electron chi connectivity index (χ2n) is 5.80. The van der Waals surface area contributed by atoms with Crippen molar-refractivity contribution in [3.63, 3.8) is 0 Å². The first-order chi connectivity index (χ1) is 11.3. The minimum absolute atomic E-state index is 0.236. The average Bonchev–Trinajstić information content (AvgIpc) is 3.27. The summed E-state index contributed by atoms with van der Waals surface area (Å²) < 4.78 is 7.85. The molecule has 23 heavy (non-hydrogen) atoms. The molecule has 0 aromatic carbocycles. The van der Waals surface area contributed by atoms with Crippen molar-refractivity contribution in [1.29, 1.82) is 0 Å². The van der Waals surface area contributed by atoms with E-state index >= 15 is 0 Å². The highest BCUT2D eigenvalue weighted by Gasteiger charge is 2.20. The van der Waals surface area contributed by atoms with Crippen molar-refractivity contribution in [2.24, 2.45) is 0 Å². The highest BCUT2D eigenvalue weighted by molar-refractivity contribution is 7.97. The highest BCUT2D eigenvalue weighted by Crippen LogP contribution is 2.31. The monoisotopic (exact) mass is 345 g/mol. The van der Waals surface area contributed by atoms with Gasteiger partial charge in [-0.2, -0.15) is 0 Å². The molecule has 0 aliphatic carbocycles. The Hall–Kier alpha value is -1.37. The van der Waals surface area contributed by atoms with Gasteiger partial charge in [0.25, 0.3) is 0 Å². The third-order valence-corrected chi connectivity index (χ3v) is 6.01. The van der Waals surface area contributed by atoms with Gasteiger partial charge in [0.1, 0.15) is 16.8 Å².